The second-order valence-electron chi connectivity index (χ2n) is 5.64. The minimum absolute atomic E-state index is 0.269. The fraction of sp³-hybridized carbons (Fsp3) is 0.150. The highest BCUT2D eigenvalue weighted by atomic mass is 16.1. The fourth-order valence-corrected chi connectivity index (χ4v) is 2.42. The first-order valence-corrected chi connectivity index (χ1v) is 8.29. The van der Waals surface area contributed by atoms with Gasteiger partial charge in [0.15, 0.2) is 5.69 Å². The highest BCUT2D eigenvalue weighted by Crippen LogP contribution is 2.09. The maximum atomic E-state index is 12.1. The summed E-state index contributed by atoms with van der Waals surface area (Å²) in [5.74, 6) is 0.402. The maximum absolute atomic E-state index is 12.1. The van der Waals surface area contributed by atoms with Crippen LogP contribution in [0.25, 0.3) is 0 Å². The van der Waals surface area contributed by atoms with Crippen molar-refractivity contribution in [3.63, 3.8) is 0 Å². The lowest BCUT2D eigenvalue weighted by Crippen LogP contribution is -2.15. The Kier molecular flexibility index (Phi) is 5.72. The first-order chi connectivity index (χ1) is 12.3. The van der Waals surface area contributed by atoms with Gasteiger partial charge in [0.25, 0.3) is 5.91 Å². The second kappa shape index (κ2) is 8.59. The van der Waals surface area contributed by atoms with Crippen LogP contribution in [0.1, 0.15) is 22.5 Å². The van der Waals surface area contributed by atoms with Crippen LogP contribution < -0.4 is 10.6 Å². The molecule has 0 radical (unpaired) electrons. The largest absolute Gasteiger partial charge is 0.369 e. The zero-order valence-corrected chi connectivity index (χ0v) is 13.9. The Morgan fingerprint density at radius 3 is 2.24 bits per heavy atom. The number of carbonyl (C=O) groups excluding carboxylic acids is 1. The number of nitrogens with one attached hydrogen (secondary N) is 2. The van der Waals surface area contributed by atoms with Crippen LogP contribution in [0.4, 0.5) is 11.5 Å². The molecule has 0 saturated carbocycles. The number of aryl methyl sites for hydroxylation is 1. The SMILES string of the molecule is O=C(Nc1ccccc1)c1ccc(NCCCc2ccccc2)nn1. The molecule has 5 heteroatoms. The summed E-state index contributed by atoms with van der Waals surface area (Å²) < 4.78 is 0. The van der Waals surface area contributed by atoms with Crippen molar-refractivity contribution in [2.75, 3.05) is 17.2 Å². The molecule has 0 aliphatic carbocycles. The molecule has 2 N–H and O–H groups in total. The summed E-state index contributed by atoms with van der Waals surface area (Å²) in [5.41, 5.74) is 2.35. The van der Waals surface area contributed by atoms with E-state index in [2.05, 4.69) is 33.0 Å². The van der Waals surface area contributed by atoms with Crippen molar-refractivity contribution in [1.82, 2.24) is 10.2 Å². The Morgan fingerprint density at radius 1 is 0.840 bits per heavy atom. The summed E-state index contributed by atoms with van der Waals surface area (Å²) in [7, 11) is 0. The topological polar surface area (TPSA) is 66.9 Å². The van der Waals surface area contributed by atoms with Crippen LogP contribution in [-0.2, 0) is 6.42 Å². The van der Waals surface area contributed by atoms with Gasteiger partial charge in [-0.15, -0.1) is 10.2 Å². The predicted molar refractivity (Wildman–Crippen MR) is 99.7 cm³/mol. The van der Waals surface area contributed by atoms with Crippen molar-refractivity contribution in [2.45, 2.75) is 12.8 Å². The lowest BCUT2D eigenvalue weighted by molar-refractivity contribution is 0.102. The van der Waals surface area contributed by atoms with Gasteiger partial charge in [-0.25, -0.2) is 0 Å². The molecule has 0 aliphatic heterocycles. The average molecular weight is 332 g/mol. The number of benzene rings is 2. The Balaban J connectivity index is 1.46. The third-order valence-corrected chi connectivity index (χ3v) is 3.72. The van der Waals surface area contributed by atoms with Crippen LogP contribution in [0.2, 0.25) is 0 Å². The quantitative estimate of drug-likeness (QED) is 0.646. The van der Waals surface area contributed by atoms with Crippen LogP contribution >= 0.6 is 0 Å². The molecule has 0 aliphatic rings. The Labute approximate surface area is 147 Å². The number of anilines is 2. The Bertz CT molecular complexity index is 789. The van der Waals surface area contributed by atoms with E-state index < -0.39 is 0 Å². The van der Waals surface area contributed by atoms with Crippen molar-refractivity contribution in [2.24, 2.45) is 0 Å². The number of rotatable bonds is 7. The van der Waals surface area contributed by atoms with E-state index in [0.717, 1.165) is 25.1 Å². The predicted octanol–water partition coefficient (Wildman–Crippen LogP) is 3.77. The molecular formula is C20H20N4O. The molecule has 0 spiro atoms. The first kappa shape index (κ1) is 16.6. The molecule has 126 valence electrons. The minimum atomic E-state index is -0.269. The average Bonchev–Trinajstić information content (AvgIpc) is 2.67. The van der Waals surface area contributed by atoms with Crippen molar-refractivity contribution in [1.29, 1.82) is 0 Å². The van der Waals surface area contributed by atoms with Gasteiger partial charge >= 0.3 is 0 Å². The van der Waals surface area contributed by atoms with E-state index in [1.165, 1.54) is 5.56 Å². The molecule has 25 heavy (non-hydrogen) atoms. The van der Waals surface area contributed by atoms with Crippen LogP contribution in [0.15, 0.2) is 72.8 Å². The van der Waals surface area contributed by atoms with E-state index >= 15 is 0 Å². The molecule has 1 heterocycles. The van der Waals surface area contributed by atoms with Gasteiger partial charge in [-0.2, -0.15) is 0 Å². The molecule has 1 aromatic heterocycles. The van der Waals surface area contributed by atoms with Gasteiger partial charge in [-0.3, -0.25) is 4.79 Å². The smallest absolute Gasteiger partial charge is 0.276 e. The third kappa shape index (κ3) is 5.14. The van der Waals surface area contributed by atoms with Gasteiger partial charge in [0.1, 0.15) is 5.82 Å². The van der Waals surface area contributed by atoms with Crippen LogP contribution in [0, 0.1) is 0 Å². The van der Waals surface area contributed by atoms with E-state index in [4.69, 9.17) is 0 Å². The summed E-state index contributed by atoms with van der Waals surface area (Å²) >= 11 is 0. The van der Waals surface area contributed by atoms with E-state index in [1.807, 2.05) is 48.5 Å². The van der Waals surface area contributed by atoms with Gasteiger partial charge in [-0.1, -0.05) is 48.5 Å². The first-order valence-electron chi connectivity index (χ1n) is 8.29. The van der Waals surface area contributed by atoms with E-state index in [1.54, 1.807) is 12.1 Å². The van der Waals surface area contributed by atoms with Crippen molar-refractivity contribution in [3.8, 4) is 0 Å². The summed E-state index contributed by atoms with van der Waals surface area (Å²) in [6.45, 7) is 0.805. The lowest BCUT2D eigenvalue weighted by Gasteiger charge is -2.06. The number of amides is 1. The highest BCUT2D eigenvalue weighted by Gasteiger charge is 2.08. The normalized spacial score (nSPS) is 10.2. The van der Waals surface area contributed by atoms with Gasteiger partial charge in [-0.05, 0) is 42.7 Å². The van der Waals surface area contributed by atoms with Gasteiger partial charge in [0.2, 0.25) is 0 Å². The molecule has 0 bridgehead atoms. The maximum Gasteiger partial charge on any atom is 0.276 e. The summed E-state index contributed by atoms with van der Waals surface area (Å²) in [5, 5.41) is 14.1. The number of hydrogen-bond donors (Lipinski definition) is 2. The standard InChI is InChI=1S/C20H20N4O/c25-20(22-17-11-5-2-6-12-17)18-13-14-19(24-23-18)21-15-7-10-16-8-3-1-4-9-16/h1-6,8-9,11-14H,7,10,15H2,(H,21,24)(H,22,25). The number of hydrogen-bond acceptors (Lipinski definition) is 4. The molecule has 3 rings (SSSR count). The number of nitrogens with zero attached hydrogens (tertiary/aromatic N) is 2. The number of aromatic nitrogens is 2. The number of carbonyl (C=O) groups is 1. The molecule has 0 atom stereocenters. The van der Waals surface area contributed by atoms with Crippen molar-refractivity contribution in [3.05, 3.63) is 84.1 Å². The Hall–Kier alpha value is -3.21. The highest BCUT2D eigenvalue weighted by molar-refractivity contribution is 6.02. The van der Waals surface area contributed by atoms with Gasteiger partial charge < -0.3 is 10.6 Å². The summed E-state index contributed by atoms with van der Waals surface area (Å²) in [4.78, 5) is 12.1. The summed E-state index contributed by atoms with van der Waals surface area (Å²) in [6.07, 6.45) is 2.01. The molecule has 0 saturated heterocycles. The molecule has 5 nitrogen and oxygen atoms in total. The zero-order valence-electron chi connectivity index (χ0n) is 13.9. The second-order valence-corrected chi connectivity index (χ2v) is 5.64. The van der Waals surface area contributed by atoms with Crippen molar-refractivity contribution >= 4 is 17.4 Å². The molecule has 1 amide bonds. The van der Waals surface area contributed by atoms with E-state index in [-0.39, 0.29) is 5.91 Å². The summed E-state index contributed by atoms with van der Waals surface area (Å²) in [6, 6.07) is 23.1. The van der Waals surface area contributed by atoms with Gasteiger partial charge in [0, 0.05) is 12.2 Å². The van der Waals surface area contributed by atoms with Crippen LogP contribution in [0.3, 0.4) is 0 Å². The van der Waals surface area contributed by atoms with Crippen LogP contribution in [0.5, 0.6) is 0 Å². The molecule has 0 fully saturated rings. The van der Waals surface area contributed by atoms with Gasteiger partial charge in [0.05, 0.1) is 0 Å². The lowest BCUT2D eigenvalue weighted by atomic mass is 10.1. The molecule has 3 aromatic rings. The fourth-order valence-electron chi connectivity index (χ4n) is 2.42. The zero-order chi connectivity index (χ0) is 17.3. The monoisotopic (exact) mass is 332 g/mol. The Morgan fingerprint density at radius 2 is 1.56 bits per heavy atom. The number of para-hydroxylation sites is 1. The van der Waals surface area contributed by atoms with E-state index in [9.17, 15) is 4.79 Å². The molecular weight excluding hydrogens is 312 g/mol. The van der Waals surface area contributed by atoms with E-state index in [0.29, 0.717) is 11.5 Å². The molecule has 2 aromatic carbocycles. The van der Waals surface area contributed by atoms with Crippen LogP contribution in [-0.4, -0.2) is 22.6 Å². The third-order valence-electron chi connectivity index (χ3n) is 3.72. The minimum Gasteiger partial charge on any atom is -0.369 e. The molecule has 0 unspecified atom stereocenters. The van der Waals surface area contributed by atoms with Crippen molar-refractivity contribution < 1.29 is 4.79 Å².